The average Bonchev–Trinajstić information content (AvgIpc) is 2.83. The Bertz CT molecular complexity index is 1430. The lowest BCUT2D eigenvalue weighted by molar-refractivity contribution is -0.137. The predicted molar refractivity (Wildman–Crippen MR) is 118 cm³/mol. The summed E-state index contributed by atoms with van der Waals surface area (Å²) in [4.78, 5) is 25.1. The molecule has 2 amide bonds. The summed E-state index contributed by atoms with van der Waals surface area (Å²) < 4.78 is 83.0. The maximum atomic E-state index is 13.2. The molecule has 35 heavy (non-hydrogen) atoms. The van der Waals surface area contributed by atoms with E-state index in [1.807, 2.05) is 6.92 Å². The second-order valence-electron chi connectivity index (χ2n) is 8.03. The number of imide groups is 1. The molecule has 1 aliphatic heterocycles. The van der Waals surface area contributed by atoms with E-state index in [0.717, 1.165) is 18.4 Å². The van der Waals surface area contributed by atoms with E-state index in [1.54, 1.807) is 18.2 Å². The van der Waals surface area contributed by atoms with Crippen LogP contribution in [0.3, 0.4) is 0 Å². The van der Waals surface area contributed by atoms with Crippen molar-refractivity contribution in [2.75, 3.05) is 0 Å². The van der Waals surface area contributed by atoms with E-state index < -0.39 is 50.8 Å². The quantitative estimate of drug-likeness (QED) is 0.307. The fourth-order valence-corrected chi connectivity index (χ4v) is 4.96. The molecule has 0 aliphatic carbocycles. The first-order valence-corrected chi connectivity index (χ1v) is 12.0. The second-order valence-corrected chi connectivity index (χ2v) is 9.56. The molecule has 3 aromatic carbocycles. The second kappa shape index (κ2) is 9.04. The number of hydrogen-bond donors (Lipinski definition) is 0. The number of unbranched alkanes of at least 4 members (excludes halogenated alkanes) is 1. The summed E-state index contributed by atoms with van der Waals surface area (Å²) in [6.45, 7) is 0.651. The lowest BCUT2D eigenvalue weighted by Crippen LogP contribution is -2.41. The number of halogens is 4. The zero-order valence-electron chi connectivity index (χ0n) is 18.4. The third-order valence-electron chi connectivity index (χ3n) is 5.67. The Balaban J connectivity index is 1.76. The van der Waals surface area contributed by atoms with Gasteiger partial charge < -0.3 is 0 Å². The molecule has 11 heteroatoms. The highest BCUT2D eigenvalue weighted by Gasteiger charge is 2.39. The summed E-state index contributed by atoms with van der Waals surface area (Å²) in [7, 11) is -5.12. The van der Waals surface area contributed by atoms with Gasteiger partial charge in [-0.2, -0.15) is 21.6 Å². The van der Waals surface area contributed by atoms with Gasteiger partial charge in [0, 0.05) is 5.39 Å². The molecule has 1 aliphatic rings. The van der Waals surface area contributed by atoms with Crippen LogP contribution in [-0.2, 0) is 33.7 Å². The molecule has 0 spiro atoms. The minimum absolute atomic E-state index is 0.00748. The molecule has 0 N–H and O–H groups in total. The van der Waals surface area contributed by atoms with Crippen LogP contribution in [0, 0.1) is 0 Å². The summed E-state index contributed by atoms with van der Waals surface area (Å²) in [5.74, 6) is -2.16. The standard InChI is InChI=1S/C24H19F4NO5S/c1-2-3-5-15-8-9-20-21-18(15)6-4-7-19(21)22(30)29(23(20)31)34-35(32,33)17-11-14(13-25)10-16(12-17)24(26,27)28/h4,6-12H,2-3,5,13H2,1H3. The van der Waals surface area contributed by atoms with Crippen LogP contribution in [0.5, 0.6) is 0 Å². The molecule has 184 valence electrons. The molecule has 0 unspecified atom stereocenters. The van der Waals surface area contributed by atoms with Crippen LogP contribution < -0.4 is 0 Å². The third kappa shape index (κ3) is 4.53. The molecule has 1 heterocycles. The van der Waals surface area contributed by atoms with Gasteiger partial charge in [0.15, 0.2) is 0 Å². The minimum Gasteiger partial charge on any atom is -0.266 e. The van der Waals surface area contributed by atoms with Gasteiger partial charge in [-0.1, -0.05) is 31.5 Å². The number of benzene rings is 3. The Kier molecular flexibility index (Phi) is 6.41. The molecule has 0 aromatic heterocycles. The number of hydrogen-bond acceptors (Lipinski definition) is 5. The van der Waals surface area contributed by atoms with E-state index in [9.17, 15) is 35.6 Å². The summed E-state index contributed by atoms with van der Waals surface area (Å²) in [5, 5.41) is 1.03. The van der Waals surface area contributed by atoms with Gasteiger partial charge in [-0.3, -0.25) is 9.59 Å². The number of carbonyl (C=O) groups excluding carboxylic acids is 2. The third-order valence-corrected chi connectivity index (χ3v) is 6.83. The maximum absolute atomic E-state index is 13.2. The largest absolute Gasteiger partial charge is 0.416 e. The fourth-order valence-electron chi connectivity index (χ4n) is 3.97. The zero-order valence-corrected chi connectivity index (χ0v) is 19.2. The van der Waals surface area contributed by atoms with Crippen molar-refractivity contribution in [3.63, 3.8) is 0 Å². The lowest BCUT2D eigenvalue weighted by atomic mass is 9.90. The molecule has 0 saturated heterocycles. The smallest absolute Gasteiger partial charge is 0.266 e. The van der Waals surface area contributed by atoms with E-state index in [4.69, 9.17) is 4.28 Å². The minimum atomic E-state index is -5.12. The molecule has 6 nitrogen and oxygen atoms in total. The predicted octanol–water partition coefficient (Wildman–Crippen LogP) is 5.59. The van der Waals surface area contributed by atoms with Gasteiger partial charge in [-0.15, -0.1) is 9.35 Å². The van der Waals surface area contributed by atoms with E-state index in [0.29, 0.717) is 29.3 Å². The highest BCUT2D eigenvalue weighted by atomic mass is 32.2. The highest BCUT2D eigenvalue weighted by molar-refractivity contribution is 7.86. The first-order chi connectivity index (χ1) is 16.5. The Morgan fingerprint density at radius 2 is 1.66 bits per heavy atom. The van der Waals surface area contributed by atoms with Crippen molar-refractivity contribution in [2.45, 2.75) is 43.9 Å². The number of aryl methyl sites for hydroxylation is 1. The Labute approximate surface area is 198 Å². The summed E-state index contributed by atoms with van der Waals surface area (Å²) in [6.07, 6.45) is -2.44. The number of carbonyl (C=O) groups is 2. The number of nitrogens with zero attached hydrogens (tertiary/aromatic N) is 1. The van der Waals surface area contributed by atoms with Crippen molar-refractivity contribution < 1.29 is 39.9 Å². The van der Waals surface area contributed by atoms with Crippen molar-refractivity contribution in [1.82, 2.24) is 5.06 Å². The first-order valence-electron chi connectivity index (χ1n) is 10.6. The maximum Gasteiger partial charge on any atom is 0.416 e. The van der Waals surface area contributed by atoms with Gasteiger partial charge in [-0.05, 0) is 59.7 Å². The summed E-state index contributed by atoms with van der Waals surface area (Å²) in [5.41, 5.74) is -1.04. The van der Waals surface area contributed by atoms with Crippen molar-refractivity contribution in [1.29, 1.82) is 0 Å². The van der Waals surface area contributed by atoms with Crippen LogP contribution in [0.15, 0.2) is 53.4 Å². The van der Waals surface area contributed by atoms with Crippen molar-refractivity contribution in [3.05, 3.63) is 76.3 Å². The molecule has 4 rings (SSSR count). The van der Waals surface area contributed by atoms with Crippen molar-refractivity contribution in [2.24, 2.45) is 0 Å². The van der Waals surface area contributed by atoms with Crippen molar-refractivity contribution in [3.8, 4) is 0 Å². The van der Waals surface area contributed by atoms with Crippen LogP contribution >= 0.6 is 0 Å². The molecule has 0 bridgehead atoms. The van der Waals surface area contributed by atoms with Gasteiger partial charge in [-0.25, -0.2) is 4.39 Å². The highest BCUT2D eigenvalue weighted by Crippen LogP contribution is 2.35. The van der Waals surface area contributed by atoms with E-state index in [1.165, 1.54) is 12.1 Å². The Hall–Kier alpha value is -3.31. The van der Waals surface area contributed by atoms with E-state index in [-0.39, 0.29) is 22.3 Å². The molecule has 0 atom stereocenters. The number of hydroxylamine groups is 2. The van der Waals surface area contributed by atoms with Gasteiger partial charge in [0.25, 0.3) is 11.8 Å². The van der Waals surface area contributed by atoms with Crippen LogP contribution in [0.2, 0.25) is 0 Å². The molecule has 0 radical (unpaired) electrons. The molecule has 0 saturated carbocycles. The van der Waals surface area contributed by atoms with E-state index in [2.05, 4.69) is 0 Å². The van der Waals surface area contributed by atoms with Crippen LogP contribution in [-0.4, -0.2) is 25.3 Å². The average molecular weight is 509 g/mol. The summed E-state index contributed by atoms with van der Waals surface area (Å²) >= 11 is 0. The molecular formula is C24H19F4NO5S. The van der Waals surface area contributed by atoms with Crippen LogP contribution in [0.4, 0.5) is 17.6 Å². The first kappa shape index (κ1) is 24.8. The normalized spacial score (nSPS) is 14.1. The van der Waals surface area contributed by atoms with Crippen LogP contribution in [0.1, 0.15) is 57.2 Å². The molecule has 0 fully saturated rings. The SMILES string of the molecule is CCCCc1ccc2c3c(cccc13)C(=O)N(OS(=O)(=O)c1cc(CF)cc(C(F)(F)F)c1)C2=O. The lowest BCUT2D eigenvalue weighted by Gasteiger charge is -2.26. The monoisotopic (exact) mass is 509 g/mol. The van der Waals surface area contributed by atoms with Gasteiger partial charge >= 0.3 is 16.3 Å². The topological polar surface area (TPSA) is 80.8 Å². The zero-order chi connectivity index (χ0) is 25.5. The van der Waals surface area contributed by atoms with E-state index >= 15 is 0 Å². The Morgan fingerprint density at radius 1 is 0.971 bits per heavy atom. The molecule has 3 aromatic rings. The van der Waals surface area contributed by atoms with Gasteiger partial charge in [0.1, 0.15) is 6.67 Å². The Morgan fingerprint density at radius 3 is 2.29 bits per heavy atom. The summed E-state index contributed by atoms with van der Waals surface area (Å²) in [6, 6.07) is 9.26. The van der Waals surface area contributed by atoms with Crippen LogP contribution in [0.25, 0.3) is 10.8 Å². The number of alkyl halides is 4. The van der Waals surface area contributed by atoms with Gasteiger partial charge in [0.05, 0.1) is 21.6 Å². The van der Waals surface area contributed by atoms with Gasteiger partial charge in [0.2, 0.25) is 0 Å². The fraction of sp³-hybridized carbons (Fsp3) is 0.250. The number of amides is 2. The molecular weight excluding hydrogens is 490 g/mol. The number of rotatable bonds is 7. The van der Waals surface area contributed by atoms with Crippen molar-refractivity contribution >= 4 is 32.7 Å².